The van der Waals surface area contributed by atoms with Gasteiger partial charge in [-0.05, 0) is 43.9 Å². The number of carbonyl (C=O) groups is 1. The maximum Gasteiger partial charge on any atom is 0.319 e. The van der Waals surface area contributed by atoms with E-state index in [1.54, 1.807) is 12.1 Å². The molecule has 0 radical (unpaired) electrons. The van der Waals surface area contributed by atoms with E-state index >= 15 is 0 Å². The van der Waals surface area contributed by atoms with Crippen molar-refractivity contribution in [2.24, 2.45) is 0 Å². The van der Waals surface area contributed by atoms with E-state index in [1.165, 1.54) is 0 Å². The van der Waals surface area contributed by atoms with Crippen molar-refractivity contribution >= 4 is 68.9 Å². The van der Waals surface area contributed by atoms with Crippen LogP contribution in [-0.4, -0.2) is 37.2 Å². The summed E-state index contributed by atoms with van der Waals surface area (Å²) in [6.45, 7) is 0. The fourth-order valence-electron chi connectivity index (χ4n) is 4.19. The number of nitrogens with one attached hydrogen (secondary N) is 3. The van der Waals surface area contributed by atoms with Crippen LogP contribution in [0.25, 0.3) is 10.9 Å². The third-order valence-electron chi connectivity index (χ3n) is 5.84. The van der Waals surface area contributed by atoms with Crippen LogP contribution in [0.4, 0.5) is 22.0 Å². The summed E-state index contributed by atoms with van der Waals surface area (Å²) in [5, 5.41) is 11.5. The second-order valence-electron chi connectivity index (χ2n) is 8.47. The zero-order valence-corrected chi connectivity index (χ0v) is 20.7. The predicted molar refractivity (Wildman–Crippen MR) is 139 cm³/mol. The molecule has 3 N–H and O–H groups in total. The molecular weight excluding hydrogens is 481 g/mol. The van der Waals surface area contributed by atoms with Crippen LogP contribution in [0.3, 0.4) is 0 Å². The van der Waals surface area contributed by atoms with Crippen molar-refractivity contribution in [2.45, 2.75) is 37.8 Å². The Hall–Kier alpha value is -2.41. The van der Waals surface area contributed by atoms with E-state index in [-0.39, 0.29) is 12.1 Å². The predicted octanol–water partition coefficient (Wildman–Crippen LogP) is 6.81. The summed E-state index contributed by atoms with van der Waals surface area (Å²) in [6, 6.07) is 13.4. The lowest BCUT2D eigenvalue weighted by atomic mass is 9.91. The van der Waals surface area contributed by atoms with Gasteiger partial charge in [-0.3, -0.25) is 0 Å². The standard InChI is InChI=1S/C24H26Cl3N5O/c1-32(2)21-13-22(30-20-6-4-3-5-17(20)21)28-15-7-9-16(10-8-15)29-24(33)31-23-18(26)11-14(25)12-19(23)27/h3-6,11-13,15-16H,7-10H2,1-2H3,(H,28,30)(H2,29,31,33). The van der Waals surface area contributed by atoms with Crippen LogP contribution in [0.2, 0.25) is 15.1 Å². The van der Waals surface area contributed by atoms with Gasteiger partial charge in [-0.15, -0.1) is 0 Å². The number of fused-ring (bicyclic) bond motifs is 1. The van der Waals surface area contributed by atoms with Crippen LogP contribution in [-0.2, 0) is 0 Å². The van der Waals surface area contributed by atoms with Crippen molar-refractivity contribution in [3.05, 3.63) is 57.5 Å². The number of hydrogen-bond donors (Lipinski definition) is 3. The van der Waals surface area contributed by atoms with Crippen molar-refractivity contribution in [1.29, 1.82) is 0 Å². The molecule has 2 aromatic carbocycles. The highest BCUT2D eigenvalue weighted by molar-refractivity contribution is 6.42. The average molecular weight is 507 g/mol. The minimum atomic E-state index is -0.329. The minimum Gasteiger partial charge on any atom is -0.377 e. The quantitative estimate of drug-likeness (QED) is 0.356. The van der Waals surface area contributed by atoms with Crippen molar-refractivity contribution < 1.29 is 4.79 Å². The van der Waals surface area contributed by atoms with Gasteiger partial charge in [-0.1, -0.05) is 53.0 Å². The number of anilines is 3. The normalized spacial score (nSPS) is 18.1. The van der Waals surface area contributed by atoms with Crippen molar-refractivity contribution in [3.63, 3.8) is 0 Å². The smallest absolute Gasteiger partial charge is 0.319 e. The zero-order chi connectivity index (χ0) is 23.5. The van der Waals surface area contributed by atoms with Gasteiger partial charge < -0.3 is 20.9 Å². The summed E-state index contributed by atoms with van der Waals surface area (Å²) in [4.78, 5) is 19.4. The zero-order valence-electron chi connectivity index (χ0n) is 18.5. The van der Waals surface area contributed by atoms with Gasteiger partial charge in [0.15, 0.2) is 0 Å². The Kier molecular flexibility index (Phi) is 7.37. The molecule has 1 saturated carbocycles. The average Bonchev–Trinajstić information content (AvgIpc) is 2.77. The Morgan fingerprint density at radius 2 is 1.61 bits per heavy atom. The number of pyridine rings is 1. The van der Waals surface area contributed by atoms with Gasteiger partial charge in [-0.25, -0.2) is 9.78 Å². The number of benzene rings is 2. The monoisotopic (exact) mass is 505 g/mol. The number of nitrogens with zero attached hydrogens (tertiary/aromatic N) is 2. The summed E-state index contributed by atoms with van der Waals surface area (Å²) in [5.74, 6) is 0.874. The number of urea groups is 1. The number of hydrogen-bond acceptors (Lipinski definition) is 4. The molecule has 4 rings (SSSR count). The van der Waals surface area contributed by atoms with E-state index in [0.717, 1.165) is 48.1 Å². The van der Waals surface area contributed by atoms with Gasteiger partial charge in [0.2, 0.25) is 0 Å². The van der Waals surface area contributed by atoms with Crippen LogP contribution in [0.15, 0.2) is 42.5 Å². The number of amides is 2. The first kappa shape index (κ1) is 23.7. The molecule has 1 aliphatic carbocycles. The highest BCUT2D eigenvalue weighted by Crippen LogP contribution is 2.34. The molecule has 174 valence electrons. The fourth-order valence-corrected chi connectivity index (χ4v) is 5.10. The lowest BCUT2D eigenvalue weighted by Crippen LogP contribution is -2.42. The highest BCUT2D eigenvalue weighted by Gasteiger charge is 2.23. The first-order valence-electron chi connectivity index (χ1n) is 10.9. The molecule has 0 saturated heterocycles. The number of carbonyl (C=O) groups excluding carboxylic acids is 1. The Morgan fingerprint density at radius 1 is 0.970 bits per heavy atom. The van der Waals surface area contributed by atoms with Crippen molar-refractivity contribution in [2.75, 3.05) is 29.6 Å². The molecule has 1 heterocycles. The molecule has 0 unspecified atom stereocenters. The largest absolute Gasteiger partial charge is 0.377 e. The molecule has 1 fully saturated rings. The summed E-state index contributed by atoms with van der Waals surface area (Å²) in [5.41, 5.74) is 2.46. The van der Waals surface area contributed by atoms with Crippen LogP contribution >= 0.6 is 34.8 Å². The molecule has 6 nitrogen and oxygen atoms in total. The van der Waals surface area contributed by atoms with Gasteiger partial charge in [-0.2, -0.15) is 0 Å². The molecule has 0 aliphatic heterocycles. The third kappa shape index (κ3) is 5.75. The lowest BCUT2D eigenvalue weighted by Gasteiger charge is -2.30. The first-order chi connectivity index (χ1) is 15.8. The van der Waals surface area contributed by atoms with Crippen LogP contribution in [0.5, 0.6) is 0 Å². The fraction of sp³-hybridized carbons (Fsp3) is 0.333. The molecule has 3 aromatic rings. The molecule has 0 bridgehead atoms. The van der Waals surface area contributed by atoms with E-state index in [9.17, 15) is 4.79 Å². The van der Waals surface area contributed by atoms with Crippen LogP contribution < -0.4 is 20.9 Å². The molecular formula is C24H26Cl3N5O. The topological polar surface area (TPSA) is 69.3 Å². The van der Waals surface area contributed by atoms with Gasteiger partial charge >= 0.3 is 6.03 Å². The number of aromatic nitrogens is 1. The lowest BCUT2D eigenvalue weighted by molar-refractivity contribution is 0.243. The Balaban J connectivity index is 1.34. The molecule has 33 heavy (non-hydrogen) atoms. The van der Waals surface area contributed by atoms with Gasteiger partial charge in [0, 0.05) is 48.3 Å². The number of halogens is 3. The van der Waals surface area contributed by atoms with E-state index in [2.05, 4.69) is 33.0 Å². The Bertz CT molecular complexity index is 1140. The molecule has 1 aromatic heterocycles. The van der Waals surface area contributed by atoms with Crippen molar-refractivity contribution in [1.82, 2.24) is 10.3 Å². The second kappa shape index (κ2) is 10.2. The van der Waals surface area contributed by atoms with E-state index in [4.69, 9.17) is 39.8 Å². The summed E-state index contributed by atoms with van der Waals surface area (Å²) in [7, 11) is 4.08. The van der Waals surface area contributed by atoms with Gasteiger partial charge in [0.1, 0.15) is 5.82 Å². The molecule has 0 spiro atoms. The number of rotatable bonds is 5. The highest BCUT2D eigenvalue weighted by atomic mass is 35.5. The van der Waals surface area contributed by atoms with Crippen LogP contribution in [0, 0.1) is 0 Å². The van der Waals surface area contributed by atoms with Gasteiger partial charge in [0.25, 0.3) is 0 Å². The van der Waals surface area contributed by atoms with E-state index in [1.807, 2.05) is 32.3 Å². The summed E-state index contributed by atoms with van der Waals surface area (Å²) in [6.07, 6.45) is 3.58. The Labute approximate surface area is 208 Å². The van der Waals surface area contributed by atoms with E-state index in [0.29, 0.717) is 26.8 Å². The second-order valence-corrected chi connectivity index (χ2v) is 9.72. The first-order valence-corrected chi connectivity index (χ1v) is 12.0. The maximum absolute atomic E-state index is 12.5. The molecule has 2 amide bonds. The maximum atomic E-state index is 12.5. The van der Waals surface area contributed by atoms with Crippen molar-refractivity contribution in [3.8, 4) is 0 Å². The summed E-state index contributed by atoms with van der Waals surface area (Å²) >= 11 is 18.2. The Morgan fingerprint density at radius 3 is 2.27 bits per heavy atom. The van der Waals surface area contributed by atoms with Gasteiger partial charge in [0.05, 0.1) is 21.2 Å². The SMILES string of the molecule is CN(C)c1cc(NC2CCC(NC(=O)Nc3c(Cl)cc(Cl)cc3Cl)CC2)nc2ccccc12. The molecule has 9 heteroatoms. The van der Waals surface area contributed by atoms with E-state index < -0.39 is 0 Å². The third-order valence-corrected chi connectivity index (χ3v) is 6.65. The molecule has 1 aliphatic rings. The molecule has 0 atom stereocenters. The summed E-state index contributed by atoms with van der Waals surface area (Å²) < 4.78 is 0. The number of para-hydroxylation sites is 1. The van der Waals surface area contributed by atoms with Crippen LogP contribution in [0.1, 0.15) is 25.7 Å². The minimum absolute atomic E-state index is 0.0785.